The Morgan fingerprint density at radius 3 is 2.72 bits per heavy atom. The number of thioether (sulfide) groups is 1. The van der Waals surface area contributed by atoms with E-state index in [0.29, 0.717) is 11.7 Å². The predicted molar refractivity (Wildman–Crippen MR) is 105 cm³/mol. The van der Waals surface area contributed by atoms with Gasteiger partial charge in [-0.3, -0.25) is 9.69 Å². The van der Waals surface area contributed by atoms with Crippen LogP contribution in [0.15, 0.2) is 52.0 Å². The molecule has 5 nitrogen and oxygen atoms in total. The smallest absolute Gasteiger partial charge is 0.242 e. The van der Waals surface area contributed by atoms with Crippen LogP contribution in [0.5, 0.6) is 5.75 Å². The molecule has 0 bridgehead atoms. The van der Waals surface area contributed by atoms with Crippen molar-refractivity contribution in [3.8, 4) is 5.75 Å². The normalized spacial score (nSPS) is 19.3. The lowest BCUT2D eigenvalue weighted by Gasteiger charge is -2.16. The molecule has 1 amide bonds. The van der Waals surface area contributed by atoms with Gasteiger partial charge in [-0.2, -0.15) is 5.10 Å². The summed E-state index contributed by atoms with van der Waals surface area (Å²) in [5.74, 6) is 0.889. The van der Waals surface area contributed by atoms with E-state index in [9.17, 15) is 4.79 Å². The lowest BCUT2D eigenvalue weighted by molar-refractivity contribution is -0.126. The maximum absolute atomic E-state index is 12.6. The molecule has 1 fully saturated rings. The van der Waals surface area contributed by atoms with Crippen molar-refractivity contribution < 1.29 is 9.53 Å². The molecule has 0 aliphatic carbocycles. The topological polar surface area (TPSA) is 54.3 Å². The van der Waals surface area contributed by atoms with E-state index in [-0.39, 0.29) is 11.2 Å². The first-order valence-corrected chi connectivity index (χ1v) is 9.72. The van der Waals surface area contributed by atoms with Crippen molar-refractivity contribution in [2.75, 3.05) is 7.11 Å². The largest absolute Gasteiger partial charge is 0.497 e. The summed E-state index contributed by atoms with van der Waals surface area (Å²) in [6.07, 6.45) is 2.49. The number of ether oxygens (including phenoxy) is 1. The number of nitrogens with zero attached hydrogens (tertiary/aromatic N) is 3. The number of carbonyl (C=O) groups is 1. The number of amides is 1. The van der Waals surface area contributed by atoms with Crippen molar-refractivity contribution in [1.82, 2.24) is 4.90 Å². The number of hydrogen-bond acceptors (Lipinski definition) is 6. The van der Waals surface area contributed by atoms with Gasteiger partial charge in [0.1, 0.15) is 5.75 Å². The summed E-state index contributed by atoms with van der Waals surface area (Å²) in [5.41, 5.74) is 1.03. The summed E-state index contributed by atoms with van der Waals surface area (Å²) >= 11 is 3.08. The van der Waals surface area contributed by atoms with E-state index in [0.717, 1.165) is 22.6 Å². The highest BCUT2D eigenvalue weighted by Gasteiger charge is 2.36. The molecule has 1 aromatic heterocycles. The number of benzene rings is 1. The van der Waals surface area contributed by atoms with Crippen molar-refractivity contribution in [3.63, 3.8) is 0 Å². The zero-order valence-corrected chi connectivity index (χ0v) is 15.7. The Labute approximate surface area is 155 Å². The average molecular weight is 374 g/mol. The molecule has 0 N–H and O–H groups in total. The maximum Gasteiger partial charge on any atom is 0.242 e. The van der Waals surface area contributed by atoms with E-state index in [2.05, 4.69) is 10.2 Å². The van der Waals surface area contributed by atoms with Crippen LogP contribution in [-0.2, 0) is 11.3 Å². The van der Waals surface area contributed by atoms with Crippen molar-refractivity contribution in [3.05, 3.63) is 52.2 Å². The van der Waals surface area contributed by atoms with Crippen LogP contribution in [0, 0.1) is 0 Å². The molecule has 0 saturated carbocycles. The van der Waals surface area contributed by atoms with Gasteiger partial charge in [-0.1, -0.05) is 36.9 Å². The molecule has 2 aromatic rings. The quantitative estimate of drug-likeness (QED) is 0.568. The van der Waals surface area contributed by atoms with E-state index in [4.69, 9.17) is 4.74 Å². The average Bonchev–Trinajstić information content (AvgIpc) is 3.25. The first-order chi connectivity index (χ1) is 12.2. The monoisotopic (exact) mass is 373 g/mol. The van der Waals surface area contributed by atoms with Crippen molar-refractivity contribution in [2.24, 2.45) is 10.2 Å². The van der Waals surface area contributed by atoms with Crippen LogP contribution in [0.4, 0.5) is 0 Å². The molecule has 1 aliphatic heterocycles. The van der Waals surface area contributed by atoms with E-state index in [1.807, 2.05) is 48.7 Å². The molecule has 1 saturated heterocycles. The van der Waals surface area contributed by atoms with E-state index >= 15 is 0 Å². The number of rotatable bonds is 6. The minimum Gasteiger partial charge on any atom is -0.497 e. The summed E-state index contributed by atoms with van der Waals surface area (Å²) in [6, 6.07) is 11.7. The summed E-state index contributed by atoms with van der Waals surface area (Å²) in [5, 5.41) is 11.0. The SMILES string of the molecule is CC[C@@H]1S/C(=N\N=C/c2cccs2)N(Cc2ccc(OC)cc2)C1=O. The van der Waals surface area contributed by atoms with Gasteiger partial charge in [0.15, 0.2) is 5.17 Å². The van der Waals surface area contributed by atoms with Gasteiger partial charge in [0.25, 0.3) is 0 Å². The molecule has 1 aromatic carbocycles. The lowest BCUT2D eigenvalue weighted by Crippen LogP contribution is -2.31. The molecule has 2 heterocycles. The number of hydrogen-bond donors (Lipinski definition) is 0. The third-order valence-corrected chi connectivity index (χ3v) is 5.90. The number of amidine groups is 1. The van der Waals surface area contributed by atoms with Gasteiger partial charge < -0.3 is 4.74 Å². The summed E-state index contributed by atoms with van der Waals surface area (Å²) < 4.78 is 5.18. The number of thiophene rings is 1. The molecule has 0 radical (unpaired) electrons. The van der Waals surface area contributed by atoms with Crippen LogP contribution >= 0.6 is 23.1 Å². The highest BCUT2D eigenvalue weighted by Crippen LogP contribution is 2.31. The second-order valence-corrected chi connectivity index (χ2v) is 7.58. The Bertz CT molecular complexity index is 770. The first kappa shape index (κ1) is 17.7. The highest BCUT2D eigenvalue weighted by atomic mass is 32.2. The molecule has 0 unspecified atom stereocenters. The third-order valence-electron chi connectivity index (χ3n) is 3.76. The Morgan fingerprint density at radius 2 is 2.08 bits per heavy atom. The van der Waals surface area contributed by atoms with Gasteiger partial charge in [-0.05, 0) is 35.6 Å². The highest BCUT2D eigenvalue weighted by molar-refractivity contribution is 8.15. The third kappa shape index (κ3) is 4.29. The van der Waals surface area contributed by atoms with Gasteiger partial charge in [-0.15, -0.1) is 16.4 Å². The van der Waals surface area contributed by atoms with E-state index < -0.39 is 0 Å². The lowest BCUT2D eigenvalue weighted by atomic mass is 10.2. The van der Waals surface area contributed by atoms with Gasteiger partial charge in [0, 0.05) is 4.88 Å². The van der Waals surface area contributed by atoms with Gasteiger partial charge in [0.2, 0.25) is 5.91 Å². The molecule has 1 atom stereocenters. The molecule has 1 aliphatic rings. The van der Waals surface area contributed by atoms with Crippen LogP contribution in [0.2, 0.25) is 0 Å². The molecule has 0 spiro atoms. The Morgan fingerprint density at radius 1 is 1.28 bits per heavy atom. The summed E-state index contributed by atoms with van der Waals surface area (Å²) in [4.78, 5) is 15.4. The molecule has 3 rings (SSSR count). The van der Waals surface area contributed by atoms with Crippen molar-refractivity contribution >= 4 is 40.4 Å². The molecule has 130 valence electrons. The second kappa shape index (κ2) is 8.31. The second-order valence-electron chi connectivity index (χ2n) is 5.43. The molecule has 7 heteroatoms. The maximum atomic E-state index is 12.6. The van der Waals surface area contributed by atoms with Gasteiger partial charge in [-0.25, -0.2) is 0 Å². The summed E-state index contributed by atoms with van der Waals surface area (Å²) in [6.45, 7) is 2.50. The number of carbonyl (C=O) groups excluding carboxylic acids is 1. The van der Waals surface area contributed by atoms with Gasteiger partial charge >= 0.3 is 0 Å². The first-order valence-electron chi connectivity index (χ1n) is 7.96. The van der Waals surface area contributed by atoms with Crippen molar-refractivity contribution in [1.29, 1.82) is 0 Å². The fourth-order valence-electron chi connectivity index (χ4n) is 2.40. The van der Waals surface area contributed by atoms with Crippen LogP contribution in [0.25, 0.3) is 0 Å². The van der Waals surface area contributed by atoms with Crippen molar-refractivity contribution in [2.45, 2.75) is 25.1 Å². The number of methoxy groups -OCH3 is 1. The minimum absolute atomic E-state index is 0.0889. The minimum atomic E-state index is -0.0889. The fraction of sp³-hybridized carbons (Fsp3) is 0.278. The van der Waals surface area contributed by atoms with E-state index in [1.54, 1.807) is 29.6 Å². The molecule has 25 heavy (non-hydrogen) atoms. The Kier molecular flexibility index (Phi) is 5.88. The van der Waals surface area contributed by atoms with Crippen LogP contribution in [0.3, 0.4) is 0 Å². The van der Waals surface area contributed by atoms with E-state index in [1.165, 1.54) is 11.8 Å². The standard InChI is InChI=1S/C18H19N3O2S2/c1-3-16-17(22)21(12-13-6-8-14(23-2)9-7-13)18(25-16)20-19-11-15-5-4-10-24-15/h4-11,16H,3,12H2,1-2H3/b19-11-,20-18-/t16-/m0/s1. The molecular weight excluding hydrogens is 354 g/mol. The van der Waals surface area contributed by atoms with Gasteiger partial charge in [0.05, 0.1) is 25.1 Å². The van der Waals surface area contributed by atoms with Crippen LogP contribution < -0.4 is 4.74 Å². The summed E-state index contributed by atoms with van der Waals surface area (Å²) in [7, 11) is 1.64. The zero-order valence-electron chi connectivity index (χ0n) is 14.1. The Hall–Kier alpha value is -2.12. The van der Waals surface area contributed by atoms with Crippen LogP contribution in [-0.4, -0.2) is 34.5 Å². The van der Waals surface area contributed by atoms with Crippen LogP contribution in [0.1, 0.15) is 23.8 Å². The Balaban J connectivity index is 1.78. The predicted octanol–water partition coefficient (Wildman–Crippen LogP) is 4.00. The fourth-order valence-corrected chi connectivity index (χ4v) is 4.01. The molecular formula is C18H19N3O2S2. The zero-order chi connectivity index (χ0) is 17.6.